The number of rotatable bonds is 6. The quantitative estimate of drug-likeness (QED) is 0.528. The number of piperazine rings is 1. The summed E-state index contributed by atoms with van der Waals surface area (Å²) in [5.74, 6) is -1.29. The first kappa shape index (κ1) is 25.9. The molecule has 2 heterocycles. The number of hydrogen-bond donors (Lipinski definition) is 1. The highest BCUT2D eigenvalue weighted by Gasteiger charge is 2.35. The molecule has 2 fully saturated rings. The van der Waals surface area contributed by atoms with Crippen molar-refractivity contribution in [1.82, 2.24) is 19.4 Å². The summed E-state index contributed by atoms with van der Waals surface area (Å²) < 4.78 is 38.5. The van der Waals surface area contributed by atoms with Crippen molar-refractivity contribution in [2.45, 2.75) is 24.8 Å². The SMILES string of the molecule is COc1ccc(S(=O)(=O)N[C@H](C(=O)N2CCN(C(=O)C(=O)N3CCOCC3)CC2)C(C)C)cc1. The topological polar surface area (TPSA) is 126 Å². The smallest absolute Gasteiger partial charge is 0.312 e. The number of amides is 3. The van der Waals surface area contributed by atoms with E-state index in [0.717, 1.165) is 0 Å². The van der Waals surface area contributed by atoms with Crippen LogP contribution in [0, 0.1) is 5.92 Å². The first-order chi connectivity index (χ1) is 16.1. The molecule has 0 aliphatic carbocycles. The van der Waals surface area contributed by atoms with Gasteiger partial charge >= 0.3 is 11.8 Å². The summed E-state index contributed by atoms with van der Waals surface area (Å²) in [6, 6.07) is 4.94. The molecular weight excluding hydrogens is 464 g/mol. The molecule has 1 aromatic carbocycles. The van der Waals surface area contributed by atoms with Gasteiger partial charge in [-0.25, -0.2) is 8.42 Å². The Morgan fingerprint density at radius 1 is 0.882 bits per heavy atom. The normalized spacial score (nSPS) is 18.1. The molecule has 0 saturated carbocycles. The number of hydrogen-bond acceptors (Lipinski definition) is 7. The molecule has 188 valence electrons. The summed E-state index contributed by atoms with van der Waals surface area (Å²) in [5.41, 5.74) is 0. The van der Waals surface area contributed by atoms with Gasteiger partial charge < -0.3 is 24.2 Å². The van der Waals surface area contributed by atoms with Gasteiger partial charge in [-0.05, 0) is 30.2 Å². The Morgan fingerprint density at radius 2 is 1.38 bits per heavy atom. The molecule has 3 rings (SSSR count). The molecule has 1 aromatic rings. The Hall–Kier alpha value is -2.70. The molecule has 11 nitrogen and oxygen atoms in total. The Bertz CT molecular complexity index is 983. The largest absolute Gasteiger partial charge is 0.497 e. The van der Waals surface area contributed by atoms with Crippen molar-refractivity contribution in [2.24, 2.45) is 5.92 Å². The van der Waals surface area contributed by atoms with E-state index in [9.17, 15) is 22.8 Å². The minimum Gasteiger partial charge on any atom is -0.497 e. The number of nitrogens with zero attached hydrogens (tertiary/aromatic N) is 3. The van der Waals surface area contributed by atoms with Gasteiger partial charge in [0, 0.05) is 39.3 Å². The zero-order chi connectivity index (χ0) is 24.9. The average molecular weight is 497 g/mol. The maximum Gasteiger partial charge on any atom is 0.312 e. The van der Waals surface area contributed by atoms with Crippen LogP contribution in [0.4, 0.5) is 0 Å². The van der Waals surface area contributed by atoms with Gasteiger partial charge in [-0.3, -0.25) is 14.4 Å². The molecule has 1 atom stereocenters. The highest BCUT2D eigenvalue weighted by molar-refractivity contribution is 7.89. The van der Waals surface area contributed by atoms with Crippen LogP contribution in [0.15, 0.2) is 29.2 Å². The van der Waals surface area contributed by atoms with Crippen molar-refractivity contribution < 1.29 is 32.3 Å². The zero-order valence-corrected chi connectivity index (χ0v) is 20.5. The molecule has 0 aromatic heterocycles. The van der Waals surface area contributed by atoms with Crippen molar-refractivity contribution in [2.75, 3.05) is 59.6 Å². The van der Waals surface area contributed by atoms with E-state index in [4.69, 9.17) is 9.47 Å². The van der Waals surface area contributed by atoms with Gasteiger partial charge in [0.25, 0.3) is 0 Å². The summed E-state index contributed by atoms with van der Waals surface area (Å²) in [5, 5.41) is 0. The molecule has 12 heteroatoms. The fourth-order valence-electron chi connectivity index (χ4n) is 3.83. The van der Waals surface area contributed by atoms with Crippen molar-refractivity contribution in [3.05, 3.63) is 24.3 Å². The number of morpholine rings is 1. The Morgan fingerprint density at radius 3 is 1.88 bits per heavy atom. The standard InChI is InChI=1S/C22H32N4O7S/c1-16(2)19(23-34(30,31)18-6-4-17(32-3)5-7-18)20(27)24-8-10-25(11-9-24)21(28)22(29)26-12-14-33-15-13-26/h4-7,16,19,23H,8-15H2,1-3H3/t19-/m0/s1. The number of carbonyl (C=O) groups excluding carboxylic acids is 3. The molecule has 0 bridgehead atoms. The molecule has 2 aliphatic rings. The van der Waals surface area contributed by atoms with Crippen LogP contribution in [0.25, 0.3) is 0 Å². The number of sulfonamides is 1. The third-order valence-corrected chi connectivity index (χ3v) is 7.40. The fourth-order valence-corrected chi connectivity index (χ4v) is 5.16. The number of benzene rings is 1. The minimum atomic E-state index is -3.94. The second-order valence-corrected chi connectivity index (χ2v) is 10.3. The van der Waals surface area contributed by atoms with Crippen LogP contribution < -0.4 is 9.46 Å². The Labute approximate surface area is 200 Å². The summed E-state index contributed by atoms with van der Waals surface area (Å²) in [7, 11) is -2.45. The Balaban J connectivity index is 1.61. The van der Waals surface area contributed by atoms with Crippen LogP contribution in [-0.2, 0) is 29.1 Å². The third kappa shape index (κ3) is 6.05. The molecule has 0 spiro atoms. The van der Waals surface area contributed by atoms with Crippen LogP contribution >= 0.6 is 0 Å². The molecule has 34 heavy (non-hydrogen) atoms. The van der Waals surface area contributed by atoms with Crippen LogP contribution in [0.2, 0.25) is 0 Å². The lowest BCUT2D eigenvalue weighted by Crippen LogP contribution is -2.59. The van der Waals surface area contributed by atoms with Crippen LogP contribution in [0.5, 0.6) is 5.75 Å². The highest BCUT2D eigenvalue weighted by atomic mass is 32.2. The number of nitrogens with one attached hydrogen (secondary N) is 1. The van der Waals surface area contributed by atoms with Crippen LogP contribution in [0.1, 0.15) is 13.8 Å². The van der Waals surface area contributed by atoms with Gasteiger partial charge in [-0.15, -0.1) is 0 Å². The lowest BCUT2D eigenvalue weighted by atomic mass is 10.0. The van der Waals surface area contributed by atoms with Crippen molar-refractivity contribution in [3.63, 3.8) is 0 Å². The molecule has 1 N–H and O–H groups in total. The number of methoxy groups -OCH3 is 1. The molecule has 2 saturated heterocycles. The van der Waals surface area contributed by atoms with Gasteiger partial charge in [0.1, 0.15) is 11.8 Å². The predicted molar refractivity (Wildman–Crippen MR) is 123 cm³/mol. The third-order valence-electron chi connectivity index (χ3n) is 5.94. The maximum atomic E-state index is 13.2. The first-order valence-electron chi connectivity index (χ1n) is 11.2. The fraction of sp³-hybridized carbons (Fsp3) is 0.591. The lowest BCUT2D eigenvalue weighted by Gasteiger charge is -2.37. The van der Waals surface area contributed by atoms with E-state index >= 15 is 0 Å². The second kappa shape index (κ2) is 11.2. The zero-order valence-electron chi connectivity index (χ0n) is 19.7. The van der Waals surface area contributed by atoms with Crippen LogP contribution in [0.3, 0.4) is 0 Å². The number of carbonyl (C=O) groups is 3. The maximum absolute atomic E-state index is 13.2. The van der Waals surface area contributed by atoms with Crippen molar-refractivity contribution >= 4 is 27.7 Å². The lowest BCUT2D eigenvalue weighted by molar-refractivity contribution is -0.155. The summed E-state index contributed by atoms with van der Waals surface area (Å²) in [6.07, 6.45) is 0. The molecule has 2 aliphatic heterocycles. The molecule has 3 amide bonds. The van der Waals surface area contributed by atoms with Gasteiger partial charge in [0.05, 0.1) is 25.2 Å². The van der Waals surface area contributed by atoms with E-state index in [0.29, 0.717) is 32.1 Å². The molecule has 0 unspecified atom stereocenters. The number of ether oxygens (including phenoxy) is 2. The van der Waals surface area contributed by atoms with Gasteiger partial charge in [-0.1, -0.05) is 13.8 Å². The van der Waals surface area contributed by atoms with E-state index in [1.165, 1.54) is 46.1 Å². The summed E-state index contributed by atoms with van der Waals surface area (Å²) >= 11 is 0. The highest BCUT2D eigenvalue weighted by Crippen LogP contribution is 2.18. The van der Waals surface area contributed by atoms with E-state index in [1.807, 2.05) is 0 Å². The van der Waals surface area contributed by atoms with Crippen LogP contribution in [-0.4, -0.2) is 106 Å². The van der Waals surface area contributed by atoms with Gasteiger partial charge in [-0.2, -0.15) is 4.72 Å². The van der Waals surface area contributed by atoms with Crippen molar-refractivity contribution in [3.8, 4) is 5.75 Å². The summed E-state index contributed by atoms with van der Waals surface area (Å²) in [6.45, 7) is 5.95. The average Bonchev–Trinajstić information content (AvgIpc) is 2.86. The van der Waals surface area contributed by atoms with E-state index in [1.54, 1.807) is 13.8 Å². The monoisotopic (exact) mass is 496 g/mol. The van der Waals surface area contributed by atoms with Gasteiger partial charge in [0.15, 0.2) is 0 Å². The second-order valence-electron chi connectivity index (χ2n) is 8.54. The first-order valence-corrected chi connectivity index (χ1v) is 12.7. The minimum absolute atomic E-state index is 0.0313. The van der Waals surface area contributed by atoms with Crippen molar-refractivity contribution in [1.29, 1.82) is 0 Å². The summed E-state index contributed by atoms with van der Waals surface area (Å²) in [4.78, 5) is 42.7. The molecular formula is C22H32N4O7S. The Kier molecular flexibility index (Phi) is 8.50. The predicted octanol–water partition coefficient (Wildman–Crippen LogP) is -0.472. The van der Waals surface area contributed by atoms with E-state index in [-0.39, 0.29) is 42.9 Å². The van der Waals surface area contributed by atoms with Gasteiger partial charge in [0.2, 0.25) is 15.9 Å². The van der Waals surface area contributed by atoms with E-state index < -0.39 is 27.9 Å². The van der Waals surface area contributed by atoms with E-state index in [2.05, 4.69) is 4.72 Å². The molecule has 0 radical (unpaired) electrons.